The number of amides is 1. The minimum absolute atomic E-state index is 0.0819. The summed E-state index contributed by atoms with van der Waals surface area (Å²) in [5.74, 6) is 0.00591. The molecule has 3 aromatic rings. The van der Waals surface area contributed by atoms with Crippen molar-refractivity contribution in [2.45, 2.75) is 40.5 Å². The number of aliphatic imine (C=N–C) groups is 1. The van der Waals surface area contributed by atoms with Gasteiger partial charge in [0.05, 0.1) is 11.3 Å². The molecular weight excluding hydrogens is 442 g/mol. The monoisotopic (exact) mass is 469 g/mol. The van der Waals surface area contributed by atoms with Crippen molar-refractivity contribution in [2.75, 3.05) is 0 Å². The lowest BCUT2D eigenvalue weighted by Crippen LogP contribution is -2.35. The van der Waals surface area contributed by atoms with Crippen LogP contribution in [0.1, 0.15) is 43.6 Å². The zero-order chi connectivity index (χ0) is 24.0. The quantitative estimate of drug-likeness (QED) is 0.446. The van der Waals surface area contributed by atoms with Crippen molar-refractivity contribution in [3.05, 3.63) is 71.1 Å². The summed E-state index contributed by atoms with van der Waals surface area (Å²) in [7, 11) is 0. The summed E-state index contributed by atoms with van der Waals surface area (Å²) in [5.41, 5.74) is 4.32. The number of benzene rings is 2. The summed E-state index contributed by atoms with van der Waals surface area (Å²) in [6, 6.07) is 16.7. The number of hydrogen-bond acceptors (Lipinski definition) is 4. The predicted octanol–water partition coefficient (Wildman–Crippen LogP) is 6.30. The van der Waals surface area contributed by atoms with E-state index in [0.29, 0.717) is 11.1 Å². The van der Waals surface area contributed by atoms with Gasteiger partial charge in [-0.15, -0.1) is 0 Å². The lowest BCUT2D eigenvalue weighted by atomic mass is 10.1. The van der Waals surface area contributed by atoms with Crippen molar-refractivity contribution >= 4 is 50.6 Å². The van der Waals surface area contributed by atoms with Crippen molar-refractivity contribution < 1.29 is 4.79 Å². The molecule has 1 aromatic heterocycles. The van der Waals surface area contributed by atoms with Crippen molar-refractivity contribution in [1.29, 1.82) is 5.41 Å². The minimum atomic E-state index is -0.389. The third kappa shape index (κ3) is 3.60. The molecule has 34 heavy (non-hydrogen) atoms. The largest absolute Gasteiger partial charge is 0.317 e. The van der Waals surface area contributed by atoms with Gasteiger partial charge in [-0.1, -0.05) is 50.2 Å². The number of hydrogen-bond donors (Lipinski definition) is 1. The second-order valence-corrected chi connectivity index (χ2v) is 9.62. The zero-order valence-corrected chi connectivity index (χ0v) is 20.6. The van der Waals surface area contributed by atoms with E-state index >= 15 is 0 Å². The molecular formula is C27H27N5OS. The highest BCUT2D eigenvalue weighted by Gasteiger charge is 2.37. The van der Waals surface area contributed by atoms with Gasteiger partial charge in [-0.2, -0.15) is 15.1 Å². The van der Waals surface area contributed by atoms with Crippen LogP contribution >= 0.6 is 11.8 Å². The Morgan fingerprint density at radius 2 is 1.82 bits per heavy atom. The summed E-state index contributed by atoms with van der Waals surface area (Å²) in [5, 5.41) is 18.6. The first-order chi connectivity index (χ1) is 16.4. The first-order valence-electron chi connectivity index (χ1n) is 11.6. The van der Waals surface area contributed by atoms with Gasteiger partial charge in [0.15, 0.2) is 5.84 Å². The number of thioether (sulfide) groups is 1. The van der Waals surface area contributed by atoms with Gasteiger partial charge in [-0.05, 0) is 67.6 Å². The van der Waals surface area contributed by atoms with Gasteiger partial charge in [0, 0.05) is 22.7 Å². The minimum Gasteiger partial charge on any atom is -0.317 e. The summed E-state index contributed by atoms with van der Waals surface area (Å²) in [6.45, 7) is 8.36. The highest BCUT2D eigenvalue weighted by molar-refractivity contribution is 8.27. The van der Waals surface area contributed by atoms with Crippen LogP contribution in [-0.2, 0) is 4.79 Å². The van der Waals surface area contributed by atoms with E-state index in [9.17, 15) is 4.79 Å². The summed E-state index contributed by atoms with van der Waals surface area (Å²) >= 11 is 1.41. The highest BCUT2D eigenvalue weighted by atomic mass is 32.2. The van der Waals surface area contributed by atoms with Gasteiger partial charge < -0.3 is 4.57 Å². The van der Waals surface area contributed by atoms with E-state index in [2.05, 4.69) is 71.8 Å². The van der Waals surface area contributed by atoms with E-state index in [-0.39, 0.29) is 17.3 Å². The zero-order valence-electron chi connectivity index (χ0n) is 19.8. The maximum absolute atomic E-state index is 12.9. The Morgan fingerprint density at radius 1 is 1.09 bits per heavy atom. The molecule has 1 N–H and O–H groups in total. The predicted molar refractivity (Wildman–Crippen MR) is 142 cm³/mol. The molecule has 2 aliphatic heterocycles. The second kappa shape index (κ2) is 8.72. The van der Waals surface area contributed by atoms with Gasteiger partial charge in [0.25, 0.3) is 5.91 Å². The summed E-state index contributed by atoms with van der Waals surface area (Å²) in [4.78, 5) is 17.2. The Kier molecular flexibility index (Phi) is 5.73. The maximum Gasteiger partial charge on any atom is 0.283 e. The second-order valence-electron chi connectivity index (χ2n) is 8.63. The first kappa shape index (κ1) is 22.3. The number of fused-ring (bicyclic) bond motifs is 2. The third-order valence-corrected chi connectivity index (χ3v) is 7.65. The molecule has 0 unspecified atom stereocenters. The normalized spacial score (nSPS) is 17.1. The lowest BCUT2D eigenvalue weighted by molar-refractivity contribution is -0.114. The standard InChI is InChI=1S/C27H27N5OS/c1-5-18(6-2)26-30-32-24(28)22(25(33)29-27(32)34-26)15-20-14-16(3)31(17(20)4)23-13-9-11-19-10-7-8-12-21(19)23/h7-15,18,28H,5-6H2,1-4H3/b22-15+,28-24?. The lowest BCUT2D eigenvalue weighted by Gasteiger charge is -2.20. The molecule has 0 fully saturated rings. The van der Waals surface area contributed by atoms with Crippen molar-refractivity contribution in [3.63, 3.8) is 0 Å². The van der Waals surface area contributed by atoms with E-state index in [1.54, 1.807) is 6.08 Å². The van der Waals surface area contributed by atoms with Crippen LogP contribution in [0.4, 0.5) is 0 Å². The SMILES string of the molecule is CCC(CC)C1=NN2C(=N)/C(=C\c3cc(C)n(-c4cccc5ccccc45)c3C)C(=O)N=C2S1. The molecule has 6 nitrogen and oxygen atoms in total. The van der Waals surface area contributed by atoms with Gasteiger partial charge in [-0.3, -0.25) is 10.2 Å². The number of aromatic nitrogens is 1. The third-order valence-electron chi connectivity index (χ3n) is 6.58. The van der Waals surface area contributed by atoms with Crippen LogP contribution in [0.3, 0.4) is 0 Å². The van der Waals surface area contributed by atoms with Crippen molar-refractivity contribution in [2.24, 2.45) is 16.0 Å². The first-order valence-corrected chi connectivity index (χ1v) is 12.4. The number of carbonyl (C=O) groups is 1. The Balaban J connectivity index is 1.55. The topological polar surface area (TPSA) is 73.8 Å². The van der Waals surface area contributed by atoms with Gasteiger partial charge in [0.2, 0.25) is 5.17 Å². The molecule has 5 rings (SSSR count). The molecule has 0 aliphatic carbocycles. The number of aryl methyl sites for hydroxylation is 1. The molecule has 7 heteroatoms. The van der Waals surface area contributed by atoms with Crippen LogP contribution in [0, 0.1) is 25.2 Å². The maximum atomic E-state index is 12.9. The Morgan fingerprint density at radius 3 is 2.59 bits per heavy atom. The Hall–Kier alpha value is -3.45. The molecule has 172 valence electrons. The number of nitrogens with zero attached hydrogens (tertiary/aromatic N) is 4. The van der Waals surface area contributed by atoms with Crippen LogP contribution in [0.2, 0.25) is 0 Å². The van der Waals surface area contributed by atoms with Crippen LogP contribution in [-0.4, -0.2) is 31.5 Å². The van der Waals surface area contributed by atoms with Gasteiger partial charge in [0.1, 0.15) is 5.04 Å². The number of nitrogens with one attached hydrogen (secondary N) is 1. The molecule has 1 amide bonds. The average Bonchev–Trinajstić information content (AvgIpc) is 3.37. The van der Waals surface area contributed by atoms with Gasteiger partial charge >= 0.3 is 0 Å². The molecule has 0 bridgehead atoms. The molecule has 0 radical (unpaired) electrons. The average molecular weight is 470 g/mol. The number of rotatable bonds is 5. The van der Waals surface area contributed by atoms with Crippen molar-refractivity contribution in [1.82, 2.24) is 9.58 Å². The van der Waals surface area contributed by atoms with E-state index in [4.69, 9.17) is 5.41 Å². The number of amidine groups is 2. The molecule has 0 saturated heterocycles. The molecule has 0 saturated carbocycles. The van der Waals surface area contributed by atoms with E-state index < -0.39 is 0 Å². The van der Waals surface area contributed by atoms with Crippen LogP contribution in [0.5, 0.6) is 0 Å². The molecule has 3 heterocycles. The fourth-order valence-electron chi connectivity index (χ4n) is 4.67. The fourth-order valence-corrected chi connectivity index (χ4v) is 5.83. The fraction of sp³-hybridized carbons (Fsp3) is 0.259. The van der Waals surface area contributed by atoms with E-state index in [1.807, 2.05) is 19.1 Å². The molecule has 2 aliphatic rings. The number of carbonyl (C=O) groups excluding carboxylic acids is 1. The summed E-state index contributed by atoms with van der Waals surface area (Å²) < 4.78 is 2.20. The van der Waals surface area contributed by atoms with E-state index in [1.165, 1.54) is 27.5 Å². The molecule has 0 spiro atoms. The van der Waals surface area contributed by atoms with Crippen LogP contribution in [0.25, 0.3) is 22.5 Å². The number of hydrazone groups is 1. The van der Waals surface area contributed by atoms with Crippen LogP contribution < -0.4 is 0 Å². The smallest absolute Gasteiger partial charge is 0.283 e. The van der Waals surface area contributed by atoms with E-state index in [0.717, 1.165) is 40.5 Å². The molecule has 0 atom stereocenters. The van der Waals surface area contributed by atoms with Crippen molar-refractivity contribution in [3.8, 4) is 5.69 Å². The Bertz CT molecular complexity index is 1420. The highest BCUT2D eigenvalue weighted by Crippen LogP contribution is 2.34. The van der Waals surface area contributed by atoms with Gasteiger partial charge in [-0.25, -0.2) is 0 Å². The van der Waals surface area contributed by atoms with Crippen LogP contribution in [0.15, 0.2) is 64.2 Å². The Labute approximate surface area is 203 Å². The molecule has 2 aromatic carbocycles. The summed E-state index contributed by atoms with van der Waals surface area (Å²) in [6.07, 6.45) is 3.71.